The van der Waals surface area contributed by atoms with Gasteiger partial charge in [0.1, 0.15) is 11.7 Å². The van der Waals surface area contributed by atoms with Crippen LogP contribution in [-0.4, -0.2) is 39.0 Å². The molecule has 160 valence electrons. The van der Waals surface area contributed by atoms with Gasteiger partial charge < -0.3 is 14.8 Å². The number of aromatic nitrogens is 1. The van der Waals surface area contributed by atoms with E-state index >= 15 is 0 Å². The zero-order valence-electron chi connectivity index (χ0n) is 17.7. The molecule has 1 aliphatic heterocycles. The molecule has 1 unspecified atom stereocenters. The summed E-state index contributed by atoms with van der Waals surface area (Å²) in [4.78, 5) is 28.1. The van der Waals surface area contributed by atoms with E-state index in [0.717, 1.165) is 32.5 Å². The Bertz CT molecular complexity index is 1160. The Morgan fingerprint density at radius 1 is 1.06 bits per heavy atom. The maximum Gasteiger partial charge on any atom is 0.271 e. The molecule has 1 atom stereocenters. The van der Waals surface area contributed by atoms with Crippen molar-refractivity contribution in [3.05, 3.63) is 75.9 Å². The number of benzene rings is 2. The Kier molecular flexibility index (Phi) is 6.25. The van der Waals surface area contributed by atoms with Crippen LogP contribution in [0.4, 0.5) is 5.69 Å². The van der Waals surface area contributed by atoms with Gasteiger partial charge in [0.15, 0.2) is 0 Å². The minimum absolute atomic E-state index is 0.132. The molecule has 1 fully saturated rings. The zero-order valence-corrected chi connectivity index (χ0v) is 20.1. The molecule has 4 rings (SSSR count). The largest absolute Gasteiger partial charge is 0.340 e. The predicted octanol–water partition coefficient (Wildman–Crippen LogP) is 5.23. The van der Waals surface area contributed by atoms with Gasteiger partial charge in [0.25, 0.3) is 5.91 Å². The van der Waals surface area contributed by atoms with Gasteiger partial charge in [0.2, 0.25) is 5.91 Å². The van der Waals surface area contributed by atoms with Crippen LogP contribution in [-0.2, 0) is 11.8 Å². The van der Waals surface area contributed by atoms with Crippen molar-refractivity contribution in [2.45, 2.75) is 19.9 Å². The summed E-state index contributed by atoms with van der Waals surface area (Å²) in [5, 5.41) is 3.02. The zero-order chi connectivity index (χ0) is 22.1. The number of amides is 2. The maximum atomic E-state index is 13.4. The first-order valence-corrected chi connectivity index (χ1v) is 12.0. The topological polar surface area (TPSA) is 54.3 Å². The van der Waals surface area contributed by atoms with E-state index in [2.05, 4.69) is 21.2 Å². The van der Waals surface area contributed by atoms with Gasteiger partial charge in [-0.2, -0.15) is 0 Å². The quantitative estimate of drug-likeness (QED) is 0.537. The van der Waals surface area contributed by atoms with Crippen LogP contribution in [0.5, 0.6) is 0 Å². The molecule has 7 heteroatoms. The summed E-state index contributed by atoms with van der Waals surface area (Å²) in [6.45, 7) is 4.01. The molecule has 0 radical (unpaired) electrons. The molecular weight excluding hydrogens is 474 g/mol. The maximum absolute atomic E-state index is 13.4. The van der Waals surface area contributed by atoms with Crippen LogP contribution in [0.3, 0.4) is 0 Å². The van der Waals surface area contributed by atoms with Crippen molar-refractivity contribution >= 4 is 45.2 Å². The van der Waals surface area contributed by atoms with E-state index in [1.807, 2.05) is 80.1 Å². The Hall–Kier alpha value is -2.51. The lowest BCUT2D eigenvalue weighted by Crippen LogP contribution is -2.45. The fraction of sp³-hybridized carbons (Fsp3) is 0.250. The molecule has 0 bridgehead atoms. The lowest BCUT2D eigenvalue weighted by molar-refractivity contribution is -0.119. The van der Waals surface area contributed by atoms with Crippen LogP contribution in [0.25, 0.3) is 11.3 Å². The third kappa shape index (κ3) is 4.16. The summed E-state index contributed by atoms with van der Waals surface area (Å²) in [6.07, 6.45) is 0. The second-order valence-corrected chi connectivity index (χ2v) is 9.52. The first-order valence-electron chi connectivity index (χ1n) is 10.0. The predicted molar refractivity (Wildman–Crippen MR) is 130 cm³/mol. The summed E-state index contributed by atoms with van der Waals surface area (Å²) in [5.41, 5.74) is 5.49. The molecule has 1 saturated heterocycles. The van der Waals surface area contributed by atoms with Crippen molar-refractivity contribution in [2.75, 3.05) is 16.9 Å². The molecule has 2 aromatic carbocycles. The van der Waals surface area contributed by atoms with E-state index < -0.39 is 6.04 Å². The van der Waals surface area contributed by atoms with E-state index in [4.69, 9.17) is 0 Å². The van der Waals surface area contributed by atoms with Gasteiger partial charge in [-0.1, -0.05) is 46.3 Å². The summed E-state index contributed by atoms with van der Waals surface area (Å²) in [6, 6.07) is 17.1. The number of carbonyl (C=O) groups excluding carboxylic acids is 2. The highest BCUT2D eigenvalue weighted by Gasteiger charge is 2.36. The van der Waals surface area contributed by atoms with E-state index in [1.165, 1.54) is 0 Å². The molecular formula is C24H24BrN3O2S. The SMILES string of the molecule is Cc1cccc(NC(=O)C2CSCN2C(=O)c2ccc(-c3ccccc3Br)n2C)c1C. The fourth-order valence-corrected chi connectivity index (χ4v) is 5.42. The number of hydrogen-bond donors (Lipinski definition) is 1. The second kappa shape index (κ2) is 8.93. The van der Waals surface area contributed by atoms with Gasteiger partial charge in [0.05, 0.1) is 5.88 Å². The number of nitrogens with zero attached hydrogens (tertiary/aromatic N) is 2. The van der Waals surface area contributed by atoms with Crippen LogP contribution in [0, 0.1) is 13.8 Å². The third-order valence-corrected chi connectivity index (χ3v) is 7.50. The number of carbonyl (C=O) groups is 2. The van der Waals surface area contributed by atoms with Crippen molar-refractivity contribution in [1.29, 1.82) is 0 Å². The number of rotatable bonds is 4. The smallest absolute Gasteiger partial charge is 0.271 e. The number of aryl methyl sites for hydroxylation is 1. The summed E-state index contributed by atoms with van der Waals surface area (Å²) >= 11 is 5.18. The van der Waals surface area contributed by atoms with Crippen LogP contribution in [0.1, 0.15) is 21.6 Å². The molecule has 5 nitrogen and oxygen atoms in total. The highest BCUT2D eigenvalue weighted by Crippen LogP contribution is 2.31. The van der Waals surface area contributed by atoms with Crippen LogP contribution in [0.2, 0.25) is 0 Å². The van der Waals surface area contributed by atoms with Crippen molar-refractivity contribution in [2.24, 2.45) is 7.05 Å². The Morgan fingerprint density at radius 2 is 1.84 bits per heavy atom. The number of nitrogens with one attached hydrogen (secondary N) is 1. The lowest BCUT2D eigenvalue weighted by Gasteiger charge is -2.24. The van der Waals surface area contributed by atoms with Crippen molar-refractivity contribution in [3.8, 4) is 11.3 Å². The average molecular weight is 498 g/mol. The highest BCUT2D eigenvalue weighted by molar-refractivity contribution is 9.10. The van der Waals surface area contributed by atoms with E-state index in [-0.39, 0.29) is 11.8 Å². The van der Waals surface area contributed by atoms with E-state index in [1.54, 1.807) is 16.7 Å². The number of hydrogen-bond acceptors (Lipinski definition) is 3. The number of halogens is 1. The summed E-state index contributed by atoms with van der Waals surface area (Å²) in [5.74, 6) is 0.808. The molecule has 1 aliphatic rings. The average Bonchev–Trinajstić information content (AvgIpc) is 3.38. The van der Waals surface area contributed by atoms with Gasteiger partial charge in [0, 0.05) is 34.2 Å². The minimum atomic E-state index is -0.501. The summed E-state index contributed by atoms with van der Waals surface area (Å²) < 4.78 is 2.86. The minimum Gasteiger partial charge on any atom is -0.340 e. The lowest BCUT2D eigenvalue weighted by atomic mass is 10.1. The number of anilines is 1. The first kappa shape index (κ1) is 21.7. The van der Waals surface area contributed by atoms with Gasteiger partial charge in [-0.15, -0.1) is 11.8 Å². The molecule has 0 spiro atoms. The molecule has 0 aliphatic carbocycles. The third-order valence-electron chi connectivity index (χ3n) is 5.80. The van der Waals surface area contributed by atoms with Gasteiger partial charge in [-0.05, 0) is 49.2 Å². The standard InChI is InChI=1S/C24H24BrN3O2S/c1-15-7-6-10-19(16(15)2)26-23(29)22-13-31-14-28(22)24(30)21-12-11-20(27(21)3)17-8-4-5-9-18(17)25/h4-12,22H,13-14H2,1-3H3,(H,26,29). The molecule has 2 amide bonds. The van der Waals surface area contributed by atoms with Crippen molar-refractivity contribution in [3.63, 3.8) is 0 Å². The van der Waals surface area contributed by atoms with E-state index in [9.17, 15) is 9.59 Å². The molecule has 1 N–H and O–H groups in total. The van der Waals surface area contributed by atoms with Crippen LogP contribution >= 0.6 is 27.7 Å². The second-order valence-electron chi connectivity index (χ2n) is 7.67. The molecule has 31 heavy (non-hydrogen) atoms. The molecule has 3 aromatic rings. The van der Waals surface area contributed by atoms with E-state index in [0.29, 0.717) is 17.3 Å². The fourth-order valence-electron chi connectivity index (χ4n) is 3.78. The highest BCUT2D eigenvalue weighted by atomic mass is 79.9. The Morgan fingerprint density at radius 3 is 2.61 bits per heavy atom. The van der Waals surface area contributed by atoms with Crippen molar-refractivity contribution in [1.82, 2.24) is 9.47 Å². The summed E-state index contributed by atoms with van der Waals surface area (Å²) in [7, 11) is 1.89. The van der Waals surface area contributed by atoms with Gasteiger partial charge >= 0.3 is 0 Å². The first-order chi connectivity index (χ1) is 14.9. The normalized spacial score (nSPS) is 15.9. The molecule has 2 heterocycles. The number of thioether (sulfide) groups is 1. The van der Waals surface area contributed by atoms with Crippen LogP contribution in [0.15, 0.2) is 59.1 Å². The van der Waals surface area contributed by atoms with Crippen LogP contribution < -0.4 is 5.32 Å². The van der Waals surface area contributed by atoms with Crippen molar-refractivity contribution < 1.29 is 9.59 Å². The Balaban J connectivity index is 1.57. The monoisotopic (exact) mass is 497 g/mol. The van der Waals surface area contributed by atoms with Gasteiger partial charge in [-0.3, -0.25) is 9.59 Å². The van der Waals surface area contributed by atoms with Gasteiger partial charge in [-0.25, -0.2) is 0 Å². The molecule has 1 aromatic heterocycles. The Labute approximate surface area is 195 Å². The molecule has 0 saturated carbocycles.